The molecule has 0 atom stereocenters. The number of hydrogen-bond donors (Lipinski definition) is 3. The SMILES string of the molecule is CC(=O)NCC(=O)NCC(=O)N(CCN)CCc1ccccc1.Cl. The molecule has 0 aliphatic rings. The Bertz CT molecular complexity index is 525. The molecule has 0 aromatic heterocycles. The van der Waals surface area contributed by atoms with Gasteiger partial charge in [0, 0.05) is 26.6 Å². The van der Waals surface area contributed by atoms with E-state index >= 15 is 0 Å². The molecule has 1 rings (SSSR count). The smallest absolute Gasteiger partial charge is 0.242 e. The highest BCUT2D eigenvalue weighted by molar-refractivity contribution is 5.87. The number of hydrogen-bond acceptors (Lipinski definition) is 4. The van der Waals surface area contributed by atoms with Gasteiger partial charge in [0.15, 0.2) is 0 Å². The maximum absolute atomic E-state index is 12.2. The van der Waals surface area contributed by atoms with E-state index in [1.165, 1.54) is 6.92 Å². The Kier molecular flexibility index (Phi) is 11.2. The fourth-order valence-corrected chi connectivity index (χ4v) is 1.98. The number of carbonyl (C=O) groups excluding carboxylic acids is 3. The van der Waals surface area contributed by atoms with E-state index in [0.717, 1.165) is 12.0 Å². The predicted octanol–water partition coefficient (Wildman–Crippen LogP) is -0.309. The van der Waals surface area contributed by atoms with E-state index in [1.807, 2.05) is 30.3 Å². The second-order valence-electron chi connectivity index (χ2n) is 5.09. The number of carbonyl (C=O) groups is 3. The van der Waals surface area contributed by atoms with Gasteiger partial charge in [-0.1, -0.05) is 30.3 Å². The van der Waals surface area contributed by atoms with Gasteiger partial charge in [-0.3, -0.25) is 14.4 Å². The van der Waals surface area contributed by atoms with Crippen LogP contribution in [0.25, 0.3) is 0 Å². The maximum Gasteiger partial charge on any atom is 0.242 e. The first-order valence-corrected chi connectivity index (χ1v) is 7.56. The van der Waals surface area contributed by atoms with Crippen molar-refractivity contribution in [2.24, 2.45) is 5.73 Å². The largest absolute Gasteiger partial charge is 0.347 e. The van der Waals surface area contributed by atoms with Gasteiger partial charge in [0.05, 0.1) is 13.1 Å². The predicted molar refractivity (Wildman–Crippen MR) is 94.7 cm³/mol. The van der Waals surface area contributed by atoms with E-state index in [-0.39, 0.29) is 37.3 Å². The quantitative estimate of drug-likeness (QED) is 0.564. The number of benzene rings is 1. The molecular formula is C16H25ClN4O3. The van der Waals surface area contributed by atoms with Crippen molar-refractivity contribution >= 4 is 30.1 Å². The topological polar surface area (TPSA) is 105 Å². The van der Waals surface area contributed by atoms with Gasteiger partial charge in [-0.25, -0.2) is 0 Å². The molecule has 0 saturated carbocycles. The lowest BCUT2D eigenvalue weighted by Gasteiger charge is -2.22. The molecule has 0 radical (unpaired) electrons. The summed E-state index contributed by atoms with van der Waals surface area (Å²) in [5, 5.41) is 4.86. The second-order valence-corrected chi connectivity index (χ2v) is 5.09. The first-order valence-electron chi connectivity index (χ1n) is 7.56. The Morgan fingerprint density at radius 3 is 2.29 bits per heavy atom. The van der Waals surface area contributed by atoms with E-state index in [1.54, 1.807) is 4.90 Å². The number of halogens is 1. The summed E-state index contributed by atoms with van der Waals surface area (Å²) in [4.78, 5) is 36.0. The summed E-state index contributed by atoms with van der Waals surface area (Å²) in [6.07, 6.45) is 0.729. The third-order valence-corrected chi connectivity index (χ3v) is 3.20. The zero-order valence-corrected chi connectivity index (χ0v) is 14.6. The lowest BCUT2D eigenvalue weighted by atomic mass is 10.1. The van der Waals surface area contributed by atoms with E-state index < -0.39 is 5.91 Å². The van der Waals surface area contributed by atoms with Crippen LogP contribution < -0.4 is 16.4 Å². The highest BCUT2D eigenvalue weighted by atomic mass is 35.5. The van der Waals surface area contributed by atoms with Crippen LogP contribution in [0.15, 0.2) is 30.3 Å². The van der Waals surface area contributed by atoms with Crippen molar-refractivity contribution in [2.75, 3.05) is 32.7 Å². The molecule has 0 unspecified atom stereocenters. The molecule has 24 heavy (non-hydrogen) atoms. The van der Waals surface area contributed by atoms with Gasteiger partial charge < -0.3 is 21.3 Å². The normalized spacial score (nSPS) is 9.58. The number of amides is 3. The highest BCUT2D eigenvalue weighted by Gasteiger charge is 2.14. The van der Waals surface area contributed by atoms with Crippen molar-refractivity contribution in [1.82, 2.24) is 15.5 Å². The molecular weight excluding hydrogens is 332 g/mol. The van der Waals surface area contributed by atoms with Crippen LogP contribution in [0.3, 0.4) is 0 Å². The number of nitrogens with zero attached hydrogens (tertiary/aromatic N) is 1. The van der Waals surface area contributed by atoms with E-state index in [0.29, 0.717) is 19.6 Å². The molecule has 4 N–H and O–H groups in total. The molecule has 0 aliphatic heterocycles. The van der Waals surface area contributed by atoms with Gasteiger partial charge in [0.2, 0.25) is 17.7 Å². The highest BCUT2D eigenvalue weighted by Crippen LogP contribution is 2.01. The summed E-state index contributed by atoms with van der Waals surface area (Å²) >= 11 is 0. The third kappa shape index (κ3) is 9.12. The van der Waals surface area contributed by atoms with Crippen LogP contribution in [0.5, 0.6) is 0 Å². The first kappa shape index (κ1) is 21.9. The number of nitrogens with two attached hydrogens (primary N) is 1. The second kappa shape index (κ2) is 12.3. The third-order valence-electron chi connectivity index (χ3n) is 3.20. The zero-order chi connectivity index (χ0) is 17.1. The summed E-state index contributed by atoms with van der Waals surface area (Å²) in [6.45, 7) is 2.43. The van der Waals surface area contributed by atoms with Gasteiger partial charge >= 0.3 is 0 Å². The van der Waals surface area contributed by atoms with Crippen LogP contribution in [-0.4, -0.2) is 55.3 Å². The van der Waals surface area contributed by atoms with Gasteiger partial charge in [0.25, 0.3) is 0 Å². The molecule has 8 heteroatoms. The van der Waals surface area contributed by atoms with Crippen molar-refractivity contribution in [1.29, 1.82) is 0 Å². The average molecular weight is 357 g/mol. The minimum absolute atomic E-state index is 0. The van der Waals surface area contributed by atoms with Gasteiger partial charge in [-0.15, -0.1) is 12.4 Å². The lowest BCUT2D eigenvalue weighted by molar-refractivity contribution is -0.132. The molecule has 0 saturated heterocycles. The van der Waals surface area contributed by atoms with Crippen LogP contribution >= 0.6 is 12.4 Å². The maximum atomic E-state index is 12.2. The van der Waals surface area contributed by atoms with Crippen LogP contribution in [-0.2, 0) is 20.8 Å². The molecule has 3 amide bonds. The standard InChI is InChI=1S/C16H24N4O3.ClH/c1-13(21)18-11-15(22)19-12-16(23)20(10-8-17)9-7-14-5-3-2-4-6-14;/h2-6H,7-12,17H2,1H3,(H,18,21)(H,19,22);1H. The molecule has 134 valence electrons. The summed E-state index contributed by atoms with van der Waals surface area (Å²) < 4.78 is 0. The van der Waals surface area contributed by atoms with Crippen LogP contribution in [0.2, 0.25) is 0 Å². The van der Waals surface area contributed by atoms with Crippen molar-refractivity contribution in [3.05, 3.63) is 35.9 Å². The van der Waals surface area contributed by atoms with E-state index in [4.69, 9.17) is 5.73 Å². The Morgan fingerprint density at radius 1 is 1.04 bits per heavy atom. The van der Waals surface area contributed by atoms with Crippen molar-refractivity contribution in [3.8, 4) is 0 Å². The molecule has 0 bridgehead atoms. The number of nitrogens with one attached hydrogen (secondary N) is 2. The summed E-state index contributed by atoms with van der Waals surface area (Å²) in [7, 11) is 0. The van der Waals surface area contributed by atoms with Crippen LogP contribution in [0, 0.1) is 0 Å². The number of rotatable bonds is 9. The summed E-state index contributed by atoms with van der Waals surface area (Å²) in [5.41, 5.74) is 6.68. The Balaban J connectivity index is 0.00000529. The first-order chi connectivity index (χ1) is 11.0. The van der Waals surface area contributed by atoms with Gasteiger partial charge in [-0.05, 0) is 12.0 Å². The monoisotopic (exact) mass is 356 g/mol. The fraction of sp³-hybridized carbons (Fsp3) is 0.438. The Hall–Kier alpha value is -2.12. The molecule has 0 heterocycles. The minimum atomic E-state index is -0.399. The molecule has 1 aromatic carbocycles. The molecule has 0 aliphatic carbocycles. The Morgan fingerprint density at radius 2 is 1.71 bits per heavy atom. The molecule has 1 aromatic rings. The van der Waals surface area contributed by atoms with Crippen LogP contribution in [0.1, 0.15) is 12.5 Å². The van der Waals surface area contributed by atoms with Gasteiger partial charge in [0.1, 0.15) is 0 Å². The zero-order valence-electron chi connectivity index (χ0n) is 13.8. The van der Waals surface area contributed by atoms with Gasteiger partial charge in [-0.2, -0.15) is 0 Å². The minimum Gasteiger partial charge on any atom is -0.347 e. The molecule has 7 nitrogen and oxygen atoms in total. The Labute approximate surface area is 148 Å². The van der Waals surface area contributed by atoms with E-state index in [2.05, 4.69) is 10.6 Å². The summed E-state index contributed by atoms with van der Waals surface area (Å²) in [6, 6.07) is 9.84. The van der Waals surface area contributed by atoms with Crippen molar-refractivity contribution in [2.45, 2.75) is 13.3 Å². The fourth-order valence-electron chi connectivity index (χ4n) is 1.98. The van der Waals surface area contributed by atoms with Crippen molar-refractivity contribution in [3.63, 3.8) is 0 Å². The average Bonchev–Trinajstić information content (AvgIpc) is 2.55. The summed E-state index contributed by atoms with van der Waals surface area (Å²) in [5.74, 6) is -0.883. The van der Waals surface area contributed by atoms with E-state index in [9.17, 15) is 14.4 Å². The molecule has 0 spiro atoms. The van der Waals surface area contributed by atoms with Crippen molar-refractivity contribution < 1.29 is 14.4 Å². The molecule has 0 fully saturated rings. The lowest BCUT2D eigenvalue weighted by Crippen LogP contribution is -2.45. The van der Waals surface area contributed by atoms with Crippen LogP contribution in [0.4, 0.5) is 0 Å².